The summed E-state index contributed by atoms with van der Waals surface area (Å²) in [5, 5.41) is 3.55. The van der Waals surface area contributed by atoms with Crippen LogP contribution in [0.5, 0.6) is 0 Å². The van der Waals surface area contributed by atoms with Gasteiger partial charge in [0.15, 0.2) is 0 Å². The van der Waals surface area contributed by atoms with Gasteiger partial charge in [0.05, 0.1) is 12.7 Å². The predicted octanol–water partition coefficient (Wildman–Crippen LogP) is 3.08. The van der Waals surface area contributed by atoms with Crippen molar-refractivity contribution >= 4 is 5.97 Å². The standard InChI is InChI=1S/C18H20N2O2/c1-22-18(21)14-7-5-13(6-8-14)17-12-15(9-11-20-17)16-4-2-3-10-19-16/h2-8,10,15,17,20H,9,11-12H2,1H3/t15-,17-/m1/s1. The molecule has 0 bridgehead atoms. The fourth-order valence-electron chi connectivity index (χ4n) is 3.03. The maximum atomic E-state index is 11.5. The van der Waals surface area contributed by atoms with Crippen LogP contribution in [-0.2, 0) is 4.74 Å². The molecule has 1 N–H and O–H groups in total. The molecule has 4 nitrogen and oxygen atoms in total. The highest BCUT2D eigenvalue weighted by atomic mass is 16.5. The van der Waals surface area contributed by atoms with Crippen molar-refractivity contribution in [3.8, 4) is 0 Å². The van der Waals surface area contributed by atoms with Gasteiger partial charge in [-0.05, 0) is 49.2 Å². The quantitative estimate of drug-likeness (QED) is 0.884. The van der Waals surface area contributed by atoms with Gasteiger partial charge in [0.25, 0.3) is 0 Å². The van der Waals surface area contributed by atoms with E-state index in [1.54, 1.807) is 0 Å². The SMILES string of the molecule is COC(=O)c1ccc([C@H]2C[C@H](c3ccccn3)CCN2)cc1. The molecule has 2 heterocycles. The van der Waals surface area contributed by atoms with E-state index in [1.807, 2.05) is 42.6 Å². The van der Waals surface area contributed by atoms with E-state index in [1.165, 1.54) is 18.4 Å². The van der Waals surface area contributed by atoms with Crippen molar-refractivity contribution in [1.29, 1.82) is 0 Å². The van der Waals surface area contributed by atoms with E-state index < -0.39 is 0 Å². The van der Waals surface area contributed by atoms with E-state index in [4.69, 9.17) is 4.74 Å². The van der Waals surface area contributed by atoms with Gasteiger partial charge in [-0.15, -0.1) is 0 Å². The number of benzene rings is 1. The Morgan fingerprint density at radius 1 is 1.23 bits per heavy atom. The lowest BCUT2D eigenvalue weighted by Crippen LogP contribution is -2.31. The molecular formula is C18H20N2O2. The summed E-state index contributed by atoms with van der Waals surface area (Å²) < 4.78 is 4.73. The van der Waals surface area contributed by atoms with Crippen LogP contribution in [0.3, 0.4) is 0 Å². The number of carbonyl (C=O) groups is 1. The second-order valence-electron chi connectivity index (χ2n) is 5.60. The first kappa shape index (κ1) is 14.7. The second kappa shape index (κ2) is 6.71. The largest absolute Gasteiger partial charge is 0.465 e. The van der Waals surface area contributed by atoms with Crippen LogP contribution in [-0.4, -0.2) is 24.6 Å². The number of hydrogen-bond donors (Lipinski definition) is 1. The van der Waals surface area contributed by atoms with Crippen molar-refractivity contribution in [2.24, 2.45) is 0 Å². The highest BCUT2D eigenvalue weighted by molar-refractivity contribution is 5.89. The molecule has 114 valence electrons. The number of aromatic nitrogens is 1. The summed E-state index contributed by atoms with van der Waals surface area (Å²) in [5.74, 6) is 0.183. The molecule has 2 atom stereocenters. The molecule has 0 aliphatic carbocycles. The van der Waals surface area contributed by atoms with E-state index in [0.29, 0.717) is 17.5 Å². The molecule has 0 amide bonds. The lowest BCUT2D eigenvalue weighted by molar-refractivity contribution is 0.0600. The van der Waals surface area contributed by atoms with Crippen LogP contribution >= 0.6 is 0 Å². The van der Waals surface area contributed by atoms with Gasteiger partial charge in [-0.1, -0.05) is 18.2 Å². The Balaban J connectivity index is 1.73. The van der Waals surface area contributed by atoms with Crippen molar-refractivity contribution in [2.45, 2.75) is 24.8 Å². The number of carbonyl (C=O) groups excluding carboxylic acids is 1. The van der Waals surface area contributed by atoms with Gasteiger partial charge in [-0.2, -0.15) is 0 Å². The van der Waals surface area contributed by atoms with Gasteiger partial charge < -0.3 is 10.1 Å². The van der Waals surface area contributed by atoms with Crippen molar-refractivity contribution < 1.29 is 9.53 Å². The summed E-state index contributed by atoms with van der Waals surface area (Å²) in [6.07, 6.45) is 3.99. The number of piperidine rings is 1. The molecule has 4 heteroatoms. The molecule has 3 rings (SSSR count). The molecule has 0 saturated carbocycles. The Bertz CT molecular complexity index is 625. The first-order chi connectivity index (χ1) is 10.8. The molecule has 1 aliphatic rings. The maximum Gasteiger partial charge on any atom is 0.337 e. The molecule has 1 aliphatic heterocycles. The Kier molecular flexibility index (Phi) is 4.49. The van der Waals surface area contributed by atoms with Gasteiger partial charge in [0.2, 0.25) is 0 Å². The zero-order valence-electron chi connectivity index (χ0n) is 12.7. The minimum atomic E-state index is -0.297. The number of esters is 1. The third kappa shape index (κ3) is 3.17. The summed E-state index contributed by atoms with van der Waals surface area (Å²) in [4.78, 5) is 16.0. The lowest BCUT2D eigenvalue weighted by Gasteiger charge is -2.30. The molecule has 1 aromatic heterocycles. The van der Waals surface area contributed by atoms with Gasteiger partial charge in [-0.3, -0.25) is 4.98 Å². The molecule has 1 saturated heterocycles. The third-order valence-corrected chi connectivity index (χ3v) is 4.24. The first-order valence-corrected chi connectivity index (χ1v) is 7.60. The average Bonchev–Trinajstić information content (AvgIpc) is 2.62. The Morgan fingerprint density at radius 3 is 2.73 bits per heavy atom. The minimum absolute atomic E-state index is 0.297. The van der Waals surface area contributed by atoms with Gasteiger partial charge in [0, 0.05) is 23.9 Å². The van der Waals surface area contributed by atoms with Crippen LogP contribution in [0.25, 0.3) is 0 Å². The van der Waals surface area contributed by atoms with Crippen LogP contribution < -0.4 is 5.32 Å². The van der Waals surface area contributed by atoms with E-state index >= 15 is 0 Å². The Hall–Kier alpha value is -2.20. The third-order valence-electron chi connectivity index (χ3n) is 4.24. The molecule has 22 heavy (non-hydrogen) atoms. The molecule has 0 spiro atoms. The number of rotatable bonds is 3. The topological polar surface area (TPSA) is 51.2 Å². The number of methoxy groups -OCH3 is 1. The molecular weight excluding hydrogens is 276 g/mol. The Morgan fingerprint density at radius 2 is 2.05 bits per heavy atom. The fraction of sp³-hybridized carbons (Fsp3) is 0.333. The van der Waals surface area contributed by atoms with Crippen LogP contribution in [0, 0.1) is 0 Å². The molecule has 2 aromatic rings. The molecule has 0 radical (unpaired) electrons. The van der Waals surface area contributed by atoms with Crippen LogP contribution in [0.2, 0.25) is 0 Å². The number of ether oxygens (including phenoxy) is 1. The van der Waals surface area contributed by atoms with Gasteiger partial charge in [0.1, 0.15) is 0 Å². The van der Waals surface area contributed by atoms with E-state index in [-0.39, 0.29) is 5.97 Å². The first-order valence-electron chi connectivity index (χ1n) is 7.60. The fourth-order valence-corrected chi connectivity index (χ4v) is 3.03. The smallest absolute Gasteiger partial charge is 0.337 e. The zero-order valence-corrected chi connectivity index (χ0v) is 12.7. The zero-order chi connectivity index (χ0) is 15.4. The van der Waals surface area contributed by atoms with Crippen molar-refractivity contribution in [3.05, 3.63) is 65.5 Å². The van der Waals surface area contributed by atoms with Crippen molar-refractivity contribution in [1.82, 2.24) is 10.3 Å². The van der Waals surface area contributed by atoms with Gasteiger partial charge >= 0.3 is 5.97 Å². The molecule has 1 aromatic carbocycles. The summed E-state index contributed by atoms with van der Waals surface area (Å²) in [6.45, 7) is 0.977. The Labute approximate surface area is 130 Å². The van der Waals surface area contributed by atoms with E-state index in [2.05, 4.69) is 16.4 Å². The minimum Gasteiger partial charge on any atom is -0.465 e. The number of nitrogens with one attached hydrogen (secondary N) is 1. The van der Waals surface area contributed by atoms with Crippen molar-refractivity contribution in [3.63, 3.8) is 0 Å². The van der Waals surface area contributed by atoms with E-state index in [9.17, 15) is 4.79 Å². The van der Waals surface area contributed by atoms with Crippen molar-refractivity contribution in [2.75, 3.05) is 13.7 Å². The maximum absolute atomic E-state index is 11.5. The number of nitrogens with zero attached hydrogens (tertiary/aromatic N) is 1. The number of hydrogen-bond acceptors (Lipinski definition) is 4. The summed E-state index contributed by atoms with van der Waals surface area (Å²) >= 11 is 0. The normalized spacial score (nSPS) is 21.3. The molecule has 0 unspecified atom stereocenters. The summed E-state index contributed by atoms with van der Waals surface area (Å²) in [7, 11) is 1.40. The monoisotopic (exact) mass is 296 g/mol. The number of pyridine rings is 1. The van der Waals surface area contributed by atoms with E-state index in [0.717, 1.165) is 19.4 Å². The van der Waals surface area contributed by atoms with Crippen LogP contribution in [0.1, 0.15) is 46.4 Å². The summed E-state index contributed by atoms with van der Waals surface area (Å²) in [6, 6.07) is 14.1. The predicted molar refractivity (Wildman–Crippen MR) is 84.7 cm³/mol. The van der Waals surface area contributed by atoms with Gasteiger partial charge in [-0.25, -0.2) is 4.79 Å². The second-order valence-corrected chi connectivity index (χ2v) is 5.60. The summed E-state index contributed by atoms with van der Waals surface area (Å²) in [5.41, 5.74) is 2.96. The molecule has 1 fully saturated rings. The highest BCUT2D eigenvalue weighted by Gasteiger charge is 2.24. The van der Waals surface area contributed by atoms with Crippen LogP contribution in [0.4, 0.5) is 0 Å². The lowest BCUT2D eigenvalue weighted by atomic mass is 9.86. The highest BCUT2D eigenvalue weighted by Crippen LogP contribution is 2.33. The average molecular weight is 296 g/mol. The van der Waals surface area contributed by atoms with Crippen LogP contribution in [0.15, 0.2) is 48.7 Å².